The highest BCUT2D eigenvalue weighted by Crippen LogP contribution is 2.32. The van der Waals surface area contributed by atoms with Crippen LogP contribution < -0.4 is 5.32 Å². The summed E-state index contributed by atoms with van der Waals surface area (Å²) in [5, 5.41) is 3.45. The van der Waals surface area contributed by atoms with E-state index in [0.29, 0.717) is 0 Å². The van der Waals surface area contributed by atoms with Gasteiger partial charge in [0.15, 0.2) is 0 Å². The van der Waals surface area contributed by atoms with Gasteiger partial charge in [0.2, 0.25) is 0 Å². The van der Waals surface area contributed by atoms with Crippen LogP contribution in [-0.4, -0.2) is 13.1 Å². The fourth-order valence-corrected chi connectivity index (χ4v) is 2.46. The van der Waals surface area contributed by atoms with Gasteiger partial charge in [-0.1, -0.05) is 45.0 Å². The van der Waals surface area contributed by atoms with Crippen molar-refractivity contribution < 1.29 is 0 Å². The largest absolute Gasteiger partial charge is 0.316 e. The lowest BCUT2D eigenvalue weighted by Gasteiger charge is -2.25. The lowest BCUT2D eigenvalue weighted by molar-refractivity contribution is 0.572. The fraction of sp³-hybridized carbons (Fsp3) is 0.571. The van der Waals surface area contributed by atoms with Crippen LogP contribution in [0.2, 0.25) is 0 Å². The molecule has 1 aliphatic rings. The van der Waals surface area contributed by atoms with Crippen LogP contribution >= 0.6 is 0 Å². The second-order valence-electron chi connectivity index (χ2n) is 5.53. The second kappa shape index (κ2) is 3.97. The van der Waals surface area contributed by atoms with E-state index in [9.17, 15) is 0 Å². The van der Waals surface area contributed by atoms with Crippen LogP contribution in [0, 0.1) is 0 Å². The predicted octanol–water partition coefficient (Wildman–Crippen LogP) is 3.06. The number of rotatable bonds is 1. The molecule has 15 heavy (non-hydrogen) atoms. The van der Waals surface area contributed by atoms with E-state index in [0.717, 1.165) is 12.5 Å². The summed E-state index contributed by atoms with van der Waals surface area (Å²) in [4.78, 5) is 0. The Labute approximate surface area is 92.9 Å². The molecule has 1 aliphatic heterocycles. The van der Waals surface area contributed by atoms with Crippen LogP contribution in [0.3, 0.4) is 0 Å². The fourth-order valence-electron chi connectivity index (χ4n) is 2.46. The van der Waals surface area contributed by atoms with Gasteiger partial charge in [0.25, 0.3) is 0 Å². The van der Waals surface area contributed by atoms with E-state index >= 15 is 0 Å². The molecule has 0 aliphatic carbocycles. The molecule has 1 heterocycles. The molecular formula is C14H21N. The molecule has 0 radical (unpaired) electrons. The van der Waals surface area contributed by atoms with Gasteiger partial charge in [-0.25, -0.2) is 0 Å². The summed E-state index contributed by atoms with van der Waals surface area (Å²) >= 11 is 0. The zero-order chi connectivity index (χ0) is 10.9. The van der Waals surface area contributed by atoms with E-state index in [4.69, 9.17) is 0 Å². The van der Waals surface area contributed by atoms with Gasteiger partial charge in [-0.15, -0.1) is 0 Å². The van der Waals surface area contributed by atoms with E-state index in [1.165, 1.54) is 18.5 Å². The Kier molecular flexibility index (Phi) is 2.83. The van der Waals surface area contributed by atoms with Crippen LogP contribution in [0.25, 0.3) is 0 Å². The Bertz CT molecular complexity index is 329. The number of hydrogen-bond donors (Lipinski definition) is 1. The van der Waals surface area contributed by atoms with Gasteiger partial charge in [-0.2, -0.15) is 0 Å². The van der Waals surface area contributed by atoms with Crippen molar-refractivity contribution in [3.63, 3.8) is 0 Å². The third-order valence-electron chi connectivity index (χ3n) is 3.27. The normalized spacial score (nSPS) is 21.9. The molecule has 1 N–H and O–H groups in total. The van der Waals surface area contributed by atoms with Gasteiger partial charge < -0.3 is 5.32 Å². The van der Waals surface area contributed by atoms with Crippen molar-refractivity contribution in [1.82, 2.24) is 5.32 Å². The first-order valence-electron chi connectivity index (χ1n) is 5.89. The van der Waals surface area contributed by atoms with Gasteiger partial charge in [0, 0.05) is 6.54 Å². The zero-order valence-corrected chi connectivity index (χ0v) is 10.0. The van der Waals surface area contributed by atoms with Crippen LogP contribution in [-0.2, 0) is 5.41 Å². The molecule has 0 saturated carbocycles. The molecule has 0 amide bonds. The third kappa shape index (κ3) is 2.23. The van der Waals surface area contributed by atoms with Crippen LogP contribution in [0.15, 0.2) is 24.3 Å². The Balaban J connectivity index is 2.37. The van der Waals surface area contributed by atoms with Gasteiger partial charge >= 0.3 is 0 Å². The minimum Gasteiger partial charge on any atom is -0.316 e. The molecule has 1 unspecified atom stereocenters. The van der Waals surface area contributed by atoms with Crippen molar-refractivity contribution in [3.8, 4) is 0 Å². The van der Waals surface area contributed by atoms with Crippen LogP contribution in [0.1, 0.15) is 44.2 Å². The van der Waals surface area contributed by atoms with Crippen molar-refractivity contribution in [2.75, 3.05) is 13.1 Å². The van der Waals surface area contributed by atoms with Crippen LogP contribution in [0.4, 0.5) is 0 Å². The number of nitrogens with one attached hydrogen (secondary N) is 1. The average Bonchev–Trinajstić information content (AvgIpc) is 2.69. The Morgan fingerprint density at radius 1 is 1.20 bits per heavy atom. The molecule has 0 aromatic heterocycles. The highest BCUT2D eigenvalue weighted by atomic mass is 14.9. The van der Waals surface area contributed by atoms with Crippen molar-refractivity contribution in [2.45, 2.75) is 38.5 Å². The summed E-state index contributed by atoms with van der Waals surface area (Å²) < 4.78 is 0. The minimum absolute atomic E-state index is 0.263. The minimum atomic E-state index is 0.263. The molecule has 1 fully saturated rings. The van der Waals surface area contributed by atoms with Crippen molar-refractivity contribution in [1.29, 1.82) is 0 Å². The van der Waals surface area contributed by atoms with Gasteiger partial charge in [0.05, 0.1) is 0 Å². The van der Waals surface area contributed by atoms with E-state index in [1.807, 2.05) is 0 Å². The standard InChI is InChI=1S/C14H21N/c1-14(2,3)13-7-5-4-6-12(13)11-8-9-15-10-11/h4-7,11,15H,8-10H2,1-3H3. The summed E-state index contributed by atoms with van der Waals surface area (Å²) in [6, 6.07) is 8.92. The lowest BCUT2D eigenvalue weighted by Crippen LogP contribution is -2.17. The van der Waals surface area contributed by atoms with E-state index < -0.39 is 0 Å². The summed E-state index contributed by atoms with van der Waals surface area (Å²) in [5.74, 6) is 0.723. The maximum Gasteiger partial charge on any atom is 0.00207 e. The smallest absolute Gasteiger partial charge is 0.00207 e. The average molecular weight is 203 g/mol. The molecule has 1 aromatic carbocycles. The molecule has 1 saturated heterocycles. The van der Waals surface area contributed by atoms with Crippen molar-refractivity contribution in [3.05, 3.63) is 35.4 Å². The molecule has 2 rings (SSSR count). The molecule has 1 aromatic rings. The first-order chi connectivity index (χ1) is 7.09. The number of benzene rings is 1. The van der Waals surface area contributed by atoms with Gasteiger partial charge in [-0.3, -0.25) is 0 Å². The van der Waals surface area contributed by atoms with E-state index in [2.05, 4.69) is 50.4 Å². The van der Waals surface area contributed by atoms with Gasteiger partial charge in [0.1, 0.15) is 0 Å². The maximum absolute atomic E-state index is 3.45. The SMILES string of the molecule is CC(C)(C)c1ccccc1C1CCNC1. The second-order valence-corrected chi connectivity index (χ2v) is 5.53. The monoisotopic (exact) mass is 203 g/mol. The third-order valence-corrected chi connectivity index (χ3v) is 3.27. The summed E-state index contributed by atoms with van der Waals surface area (Å²) in [7, 11) is 0. The Morgan fingerprint density at radius 2 is 1.93 bits per heavy atom. The number of hydrogen-bond acceptors (Lipinski definition) is 1. The summed E-state index contributed by atoms with van der Waals surface area (Å²) in [6.45, 7) is 9.22. The summed E-state index contributed by atoms with van der Waals surface area (Å²) in [5.41, 5.74) is 3.33. The molecule has 0 bridgehead atoms. The maximum atomic E-state index is 3.45. The molecule has 82 valence electrons. The zero-order valence-electron chi connectivity index (χ0n) is 10.0. The quantitative estimate of drug-likeness (QED) is 0.739. The first kappa shape index (κ1) is 10.7. The van der Waals surface area contributed by atoms with Crippen LogP contribution in [0.5, 0.6) is 0 Å². The Hall–Kier alpha value is -0.820. The topological polar surface area (TPSA) is 12.0 Å². The van der Waals surface area contributed by atoms with E-state index in [1.54, 1.807) is 5.56 Å². The molecule has 0 spiro atoms. The summed E-state index contributed by atoms with van der Waals surface area (Å²) in [6.07, 6.45) is 1.28. The predicted molar refractivity (Wildman–Crippen MR) is 65.4 cm³/mol. The Morgan fingerprint density at radius 3 is 2.53 bits per heavy atom. The molecule has 1 atom stereocenters. The highest BCUT2D eigenvalue weighted by molar-refractivity contribution is 5.36. The highest BCUT2D eigenvalue weighted by Gasteiger charge is 2.24. The molecule has 1 heteroatoms. The molecule has 1 nitrogen and oxygen atoms in total. The first-order valence-corrected chi connectivity index (χ1v) is 5.89. The van der Waals surface area contributed by atoms with E-state index in [-0.39, 0.29) is 5.41 Å². The van der Waals surface area contributed by atoms with Crippen molar-refractivity contribution in [2.24, 2.45) is 0 Å². The lowest BCUT2D eigenvalue weighted by atomic mass is 9.80. The van der Waals surface area contributed by atoms with Gasteiger partial charge in [-0.05, 0) is 35.4 Å². The molecular weight excluding hydrogens is 182 g/mol. The van der Waals surface area contributed by atoms with Crippen molar-refractivity contribution >= 4 is 0 Å².